The second-order valence-corrected chi connectivity index (χ2v) is 8.11. The number of phenolic OH excluding ortho intramolecular Hbond substituents is 1. The molecule has 0 aliphatic carbocycles. The van der Waals surface area contributed by atoms with Gasteiger partial charge < -0.3 is 14.7 Å². The summed E-state index contributed by atoms with van der Waals surface area (Å²) in [4.78, 5) is 16.0. The van der Waals surface area contributed by atoms with E-state index in [9.17, 15) is 14.3 Å². The van der Waals surface area contributed by atoms with Crippen molar-refractivity contribution in [3.8, 4) is 11.5 Å². The highest BCUT2D eigenvalue weighted by Crippen LogP contribution is 2.31. The van der Waals surface area contributed by atoms with E-state index in [2.05, 4.69) is 20.8 Å². The number of nitrogens with zero attached hydrogens (tertiary/aromatic N) is 2. The maximum Gasteiger partial charge on any atom is 0.224 e. The Kier molecular flexibility index (Phi) is 7.50. The third-order valence-electron chi connectivity index (χ3n) is 5.05. The molecule has 1 saturated heterocycles. The van der Waals surface area contributed by atoms with E-state index in [4.69, 9.17) is 4.74 Å². The normalized spacial score (nSPS) is 14.6. The van der Waals surface area contributed by atoms with Gasteiger partial charge in [0.15, 0.2) is 11.6 Å². The minimum Gasteiger partial charge on any atom is -0.508 e. The maximum atomic E-state index is 14.5. The van der Waals surface area contributed by atoms with Crippen LogP contribution in [-0.4, -0.2) is 42.2 Å². The molecule has 1 aliphatic rings. The van der Waals surface area contributed by atoms with Gasteiger partial charge in [0.1, 0.15) is 12.4 Å². The molecule has 0 bridgehead atoms. The highest BCUT2D eigenvalue weighted by Gasteiger charge is 2.17. The zero-order valence-electron chi connectivity index (χ0n) is 16.5. The molecule has 0 saturated carbocycles. The highest BCUT2D eigenvalue weighted by atomic mass is 79.9. The van der Waals surface area contributed by atoms with Crippen LogP contribution >= 0.6 is 15.9 Å². The quantitative estimate of drug-likeness (QED) is 0.644. The number of carbonyl (C=O) groups is 1. The number of phenols is 1. The fourth-order valence-electron chi connectivity index (χ4n) is 3.48. The fourth-order valence-corrected chi connectivity index (χ4v) is 3.94. The van der Waals surface area contributed by atoms with Crippen LogP contribution in [0.2, 0.25) is 0 Å². The van der Waals surface area contributed by atoms with E-state index in [0.717, 1.165) is 19.6 Å². The molecular weight excluding hydrogens is 439 g/mol. The smallest absolute Gasteiger partial charge is 0.224 e. The summed E-state index contributed by atoms with van der Waals surface area (Å²) in [6.45, 7) is 5.02. The van der Waals surface area contributed by atoms with Crippen LogP contribution in [-0.2, 0) is 11.3 Å². The van der Waals surface area contributed by atoms with Crippen LogP contribution in [0.5, 0.6) is 11.5 Å². The van der Waals surface area contributed by atoms with Gasteiger partial charge >= 0.3 is 0 Å². The van der Waals surface area contributed by atoms with Crippen molar-refractivity contribution < 1.29 is 19.0 Å². The minimum atomic E-state index is -0.445. The number of anilines is 1. The van der Waals surface area contributed by atoms with Gasteiger partial charge in [0, 0.05) is 24.0 Å². The first kappa shape index (κ1) is 21.6. The van der Waals surface area contributed by atoms with E-state index < -0.39 is 5.82 Å². The second-order valence-electron chi connectivity index (χ2n) is 7.26. The number of amides is 1. The predicted octanol–water partition coefficient (Wildman–Crippen LogP) is 4.71. The number of ether oxygens (including phenoxy) is 1. The van der Waals surface area contributed by atoms with Crippen molar-refractivity contribution in [2.75, 3.05) is 31.1 Å². The van der Waals surface area contributed by atoms with Crippen molar-refractivity contribution in [2.45, 2.75) is 32.7 Å². The number of piperidine rings is 1. The summed E-state index contributed by atoms with van der Waals surface area (Å²) in [7, 11) is 0. The molecule has 2 aromatic carbocycles. The van der Waals surface area contributed by atoms with Gasteiger partial charge in [-0.05, 0) is 71.7 Å². The van der Waals surface area contributed by atoms with Gasteiger partial charge in [0.25, 0.3) is 0 Å². The molecule has 1 aliphatic heterocycles. The molecule has 1 fully saturated rings. The Hall–Kier alpha value is -2.12. The molecule has 5 nitrogen and oxygen atoms in total. The summed E-state index contributed by atoms with van der Waals surface area (Å²) in [5, 5.41) is 9.75. The van der Waals surface area contributed by atoms with Crippen molar-refractivity contribution >= 4 is 27.5 Å². The number of hydrogen-bond donors (Lipinski definition) is 1. The Balaban J connectivity index is 1.65. The summed E-state index contributed by atoms with van der Waals surface area (Å²) in [6, 6.07) is 9.45. The van der Waals surface area contributed by atoms with Crippen molar-refractivity contribution in [3.63, 3.8) is 0 Å². The number of likely N-dealkylation sites (tertiary alicyclic amines) is 1. The summed E-state index contributed by atoms with van der Waals surface area (Å²) in [5.41, 5.74) is 1.16. The Labute approximate surface area is 179 Å². The van der Waals surface area contributed by atoms with E-state index >= 15 is 0 Å². The number of hydrogen-bond acceptors (Lipinski definition) is 4. The Morgan fingerprint density at radius 3 is 2.66 bits per heavy atom. The van der Waals surface area contributed by atoms with E-state index in [0.29, 0.717) is 22.3 Å². The molecule has 29 heavy (non-hydrogen) atoms. The SMILES string of the molecule is CC(=O)N(Cc1ccc(OCCN2CCCCC2)c(F)c1)c1cc(O)ccc1Br. The molecule has 0 unspecified atom stereocenters. The molecule has 0 aromatic heterocycles. The number of halogens is 2. The highest BCUT2D eigenvalue weighted by molar-refractivity contribution is 9.10. The molecule has 1 heterocycles. The lowest BCUT2D eigenvalue weighted by atomic mass is 10.1. The average Bonchev–Trinajstić information content (AvgIpc) is 2.70. The molecule has 0 radical (unpaired) electrons. The van der Waals surface area contributed by atoms with Crippen LogP contribution in [0, 0.1) is 5.82 Å². The van der Waals surface area contributed by atoms with Gasteiger partial charge in [-0.25, -0.2) is 4.39 Å². The molecule has 0 atom stereocenters. The number of benzene rings is 2. The largest absolute Gasteiger partial charge is 0.508 e. The minimum absolute atomic E-state index is 0.0538. The number of aromatic hydroxyl groups is 1. The second kappa shape index (κ2) is 10.1. The third kappa shape index (κ3) is 5.93. The molecular formula is C22H26BrFN2O3. The van der Waals surface area contributed by atoms with Crippen LogP contribution in [0.1, 0.15) is 31.7 Å². The zero-order valence-corrected chi connectivity index (χ0v) is 18.1. The molecule has 1 N–H and O–H groups in total. The number of rotatable bonds is 7. The molecule has 156 valence electrons. The van der Waals surface area contributed by atoms with Crippen LogP contribution < -0.4 is 9.64 Å². The summed E-state index contributed by atoms with van der Waals surface area (Å²) < 4.78 is 20.8. The lowest BCUT2D eigenvalue weighted by Gasteiger charge is -2.26. The van der Waals surface area contributed by atoms with E-state index in [1.165, 1.54) is 49.3 Å². The summed E-state index contributed by atoms with van der Waals surface area (Å²) in [6.07, 6.45) is 3.71. The van der Waals surface area contributed by atoms with Crippen molar-refractivity contribution in [2.24, 2.45) is 0 Å². The Bertz CT molecular complexity index is 856. The van der Waals surface area contributed by atoms with Crippen LogP contribution in [0.15, 0.2) is 40.9 Å². The topological polar surface area (TPSA) is 53.0 Å². The molecule has 7 heteroatoms. The number of carbonyl (C=O) groups excluding carboxylic acids is 1. The van der Waals surface area contributed by atoms with Crippen LogP contribution in [0.3, 0.4) is 0 Å². The van der Waals surface area contributed by atoms with Gasteiger partial charge in [-0.2, -0.15) is 0 Å². The molecule has 2 aromatic rings. The van der Waals surface area contributed by atoms with Gasteiger partial charge in [0.05, 0.1) is 12.2 Å². The van der Waals surface area contributed by atoms with Crippen LogP contribution in [0.25, 0.3) is 0 Å². The van der Waals surface area contributed by atoms with Crippen molar-refractivity contribution in [1.29, 1.82) is 0 Å². The standard InChI is InChI=1S/C22H26BrFN2O3/c1-16(27)26(21-14-18(28)6-7-19(21)23)15-17-5-8-22(20(24)13-17)29-12-11-25-9-3-2-4-10-25/h5-8,13-14,28H,2-4,9-12,15H2,1H3. The first-order valence-electron chi connectivity index (χ1n) is 9.84. The zero-order chi connectivity index (χ0) is 20.8. The Morgan fingerprint density at radius 1 is 1.21 bits per heavy atom. The maximum absolute atomic E-state index is 14.5. The first-order valence-corrected chi connectivity index (χ1v) is 10.6. The predicted molar refractivity (Wildman–Crippen MR) is 115 cm³/mol. The third-order valence-corrected chi connectivity index (χ3v) is 5.72. The molecule has 0 spiro atoms. The van der Waals surface area contributed by atoms with Gasteiger partial charge in [-0.15, -0.1) is 0 Å². The average molecular weight is 465 g/mol. The van der Waals surface area contributed by atoms with Gasteiger partial charge in [0.2, 0.25) is 5.91 Å². The fraction of sp³-hybridized carbons (Fsp3) is 0.409. The lowest BCUT2D eigenvalue weighted by Crippen LogP contribution is -2.33. The monoisotopic (exact) mass is 464 g/mol. The van der Waals surface area contributed by atoms with E-state index in [-0.39, 0.29) is 24.0 Å². The summed E-state index contributed by atoms with van der Waals surface area (Å²) in [5.74, 6) is -0.380. The lowest BCUT2D eigenvalue weighted by molar-refractivity contribution is -0.116. The van der Waals surface area contributed by atoms with Crippen molar-refractivity contribution in [1.82, 2.24) is 4.90 Å². The molecule has 1 amide bonds. The Morgan fingerprint density at radius 2 is 1.97 bits per heavy atom. The first-order chi connectivity index (χ1) is 13.9. The van der Waals surface area contributed by atoms with Crippen LogP contribution in [0.4, 0.5) is 10.1 Å². The van der Waals surface area contributed by atoms with Crippen molar-refractivity contribution in [3.05, 3.63) is 52.3 Å². The van der Waals surface area contributed by atoms with E-state index in [1.807, 2.05) is 0 Å². The summed E-state index contributed by atoms with van der Waals surface area (Å²) >= 11 is 3.40. The molecule has 3 rings (SSSR count). The van der Waals surface area contributed by atoms with E-state index in [1.54, 1.807) is 18.2 Å². The van der Waals surface area contributed by atoms with Gasteiger partial charge in [-0.1, -0.05) is 12.5 Å². The van der Waals surface area contributed by atoms with Gasteiger partial charge in [-0.3, -0.25) is 9.69 Å².